The molecule has 0 aliphatic carbocycles. The van der Waals surface area contributed by atoms with Crippen molar-refractivity contribution in [3.63, 3.8) is 0 Å². The van der Waals surface area contributed by atoms with Gasteiger partial charge in [0.15, 0.2) is 10.8 Å². The Kier molecular flexibility index (Phi) is 3.68. The second-order valence-electron chi connectivity index (χ2n) is 4.18. The van der Waals surface area contributed by atoms with Gasteiger partial charge < -0.3 is 5.32 Å². The average Bonchev–Trinajstić information content (AvgIpc) is 2.28. The maximum absolute atomic E-state index is 6.01. The van der Waals surface area contributed by atoms with Crippen molar-refractivity contribution in [2.75, 3.05) is 11.9 Å². The molecule has 6 heteroatoms. The number of hydrogen-bond acceptors (Lipinski definition) is 5. The lowest BCUT2D eigenvalue weighted by atomic mass is 10.1. The van der Waals surface area contributed by atoms with Gasteiger partial charge in [-0.05, 0) is 12.3 Å². The van der Waals surface area contributed by atoms with Crippen molar-refractivity contribution >= 4 is 28.7 Å². The van der Waals surface area contributed by atoms with E-state index in [9.17, 15) is 0 Å². The Labute approximate surface area is 105 Å². The van der Waals surface area contributed by atoms with Crippen LogP contribution >= 0.6 is 11.6 Å². The SMILES string of the molecule is CC(C)CCNc1nc(Cl)c2nccnc2n1. The molecule has 0 aromatic carbocycles. The van der Waals surface area contributed by atoms with Crippen LogP contribution < -0.4 is 5.32 Å². The third-order valence-corrected chi connectivity index (χ3v) is 2.56. The van der Waals surface area contributed by atoms with Crippen molar-refractivity contribution in [1.82, 2.24) is 19.9 Å². The van der Waals surface area contributed by atoms with Crippen LogP contribution in [0.2, 0.25) is 5.15 Å². The number of halogens is 1. The van der Waals surface area contributed by atoms with Gasteiger partial charge in [-0.1, -0.05) is 25.4 Å². The molecule has 0 atom stereocenters. The van der Waals surface area contributed by atoms with Crippen molar-refractivity contribution in [1.29, 1.82) is 0 Å². The minimum absolute atomic E-state index is 0.329. The number of aromatic nitrogens is 4. The molecule has 2 rings (SSSR count). The average molecular weight is 252 g/mol. The minimum Gasteiger partial charge on any atom is -0.354 e. The molecule has 0 aliphatic rings. The summed E-state index contributed by atoms with van der Waals surface area (Å²) in [7, 11) is 0. The van der Waals surface area contributed by atoms with Gasteiger partial charge in [0.2, 0.25) is 5.95 Å². The fourth-order valence-corrected chi connectivity index (χ4v) is 1.59. The van der Waals surface area contributed by atoms with Gasteiger partial charge >= 0.3 is 0 Å². The first kappa shape index (κ1) is 12.0. The Morgan fingerprint density at radius 1 is 1.24 bits per heavy atom. The molecule has 17 heavy (non-hydrogen) atoms. The highest BCUT2D eigenvalue weighted by atomic mass is 35.5. The second kappa shape index (κ2) is 5.23. The summed E-state index contributed by atoms with van der Waals surface area (Å²) in [5, 5.41) is 3.46. The summed E-state index contributed by atoms with van der Waals surface area (Å²) in [6, 6.07) is 0. The smallest absolute Gasteiger partial charge is 0.226 e. The molecule has 0 spiro atoms. The number of anilines is 1. The number of hydrogen-bond donors (Lipinski definition) is 1. The summed E-state index contributed by atoms with van der Waals surface area (Å²) in [5.74, 6) is 1.14. The first-order valence-corrected chi connectivity index (χ1v) is 5.92. The van der Waals surface area contributed by atoms with Gasteiger partial charge in [-0.15, -0.1) is 0 Å². The molecule has 2 aromatic rings. The van der Waals surface area contributed by atoms with Crippen LogP contribution in [0.1, 0.15) is 20.3 Å². The van der Waals surface area contributed by atoms with Gasteiger partial charge in [0.25, 0.3) is 0 Å². The van der Waals surface area contributed by atoms with Gasteiger partial charge in [0.05, 0.1) is 0 Å². The monoisotopic (exact) mass is 251 g/mol. The molecule has 0 bridgehead atoms. The van der Waals surface area contributed by atoms with Crippen molar-refractivity contribution in [2.24, 2.45) is 5.92 Å². The first-order chi connectivity index (χ1) is 8.16. The van der Waals surface area contributed by atoms with Gasteiger partial charge in [-0.2, -0.15) is 9.97 Å². The lowest BCUT2D eigenvalue weighted by Crippen LogP contribution is -2.08. The predicted molar refractivity (Wildman–Crippen MR) is 68.1 cm³/mol. The lowest BCUT2D eigenvalue weighted by molar-refractivity contribution is 0.606. The van der Waals surface area contributed by atoms with Gasteiger partial charge in [-0.3, -0.25) is 0 Å². The maximum atomic E-state index is 6.01. The summed E-state index contributed by atoms with van der Waals surface area (Å²) in [6.07, 6.45) is 4.21. The Hall–Kier alpha value is -1.49. The van der Waals surface area contributed by atoms with Crippen LogP contribution in [0.5, 0.6) is 0 Å². The largest absolute Gasteiger partial charge is 0.354 e. The molecule has 0 aliphatic heterocycles. The molecular weight excluding hydrogens is 238 g/mol. The summed E-state index contributed by atoms with van der Waals surface area (Å²) >= 11 is 6.01. The second-order valence-corrected chi connectivity index (χ2v) is 4.53. The molecule has 2 aromatic heterocycles. The van der Waals surface area contributed by atoms with Crippen LogP contribution in [-0.2, 0) is 0 Å². The summed E-state index contributed by atoms with van der Waals surface area (Å²) < 4.78 is 0. The predicted octanol–water partition coefficient (Wildman–Crippen LogP) is 2.53. The molecule has 0 fully saturated rings. The van der Waals surface area contributed by atoms with Crippen LogP contribution in [0.4, 0.5) is 5.95 Å². The van der Waals surface area contributed by atoms with E-state index >= 15 is 0 Å². The number of nitrogens with one attached hydrogen (secondary N) is 1. The third kappa shape index (κ3) is 3.00. The highest BCUT2D eigenvalue weighted by molar-refractivity contribution is 6.33. The summed E-state index contributed by atoms with van der Waals surface area (Å²) in [6.45, 7) is 5.16. The van der Waals surface area contributed by atoms with Crippen molar-refractivity contribution in [3.05, 3.63) is 17.5 Å². The molecule has 0 radical (unpaired) electrons. The summed E-state index contributed by atoms with van der Waals surface area (Å²) in [4.78, 5) is 16.6. The van der Waals surface area contributed by atoms with E-state index in [0.717, 1.165) is 13.0 Å². The fraction of sp³-hybridized carbons (Fsp3) is 0.455. The number of fused-ring (bicyclic) bond motifs is 1. The molecular formula is C11H14ClN5. The van der Waals surface area contributed by atoms with E-state index in [1.54, 1.807) is 12.4 Å². The molecule has 0 saturated heterocycles. The molecule has 1 N–H and O–H groups in total. The van der Waals surface area contributed by atoms with Crippen molar-refractivity contribution < 1.29 is 0 Å². The number of nitrogens with zero attached hydrogens (tertiary/aromatic N) is 4. The standard InChI is InChI=1S/C11H14ClN5/c1-7(2)3-4-15-11-16-9(12)8-10(17-11)14-6-5-13-8/h5-7H,3-4H2,1-2H3,(H,14,15,16,17). The lowest BCUT2D eigenvalue weighted by Gasteiger charge is -2.07. The number of rotatable bonds is 4. The van der Waals surface area contributed by atoms with Gasteiger partial charge in [-0.25, -0.2) is 9.97 Å². The Morgan fingerprint density at radius 3 is 2.76 bits per heavy atom. The highest BCUT2D eigenvalue weighted by Gasteiger charge is 2.07. The molecule has 0 amide bonds. The van der Waals surface area contributed by atoms with Crippen LogP contribution in [0, 0.1) is 5.92 Å². The van der Waals surface area contributed by atoms with Crippen LogP contribution in [-0.4, -0.2) is 26.5 Å². The first-order valence-electron chi connectivity index (χ1n) is 5.55. The topological polar surface area (TPSA) is 63.6 Å². The van der Waals surface area contributed by atoms with E-state index in [2.05, 4.69) is 39.1 Å². The maximum Gasteiger partial charge on any atom is 0.226 e. The van der Waals surface area contributed by atoms with Gasteiger partial charge in [0.1, 0.15) is 5.52 Å². The zero-order valence-electron chi connectivity index (χ0n) is 9.81. The highest BCUT2D eigenvalue weighted by Crippen LogP contribution is 2.17. The van der Waals surface area contributed by atoms with Crippen LogP contribution in [0.15, 0.2) is 12.4 Å². The zero-order chi connectivity index (χ0) is 12.3. The van der Waals surface area contributed by atoms with Crippen molar-refractivity contribution in [2.45, 2.75) is 20.3 Å². The molecule has 5 nitrogen and oxygen atoms in total. The zero-order valence-corrected chi connectivity index (χ0v) is 10.6. The third-order valence-electron chi connectivity index (χ3n) is 2.29. The van der Waals surface area contributed by atoms with Gasteiger partial charge in [0, 0.05) is 18.9 Å². The molecule has 2 heterocycles. The minimum atomic E-state index is 0.329. The van der Waals surface area contributed by atoms with Crippen molar-refractivity contribution in [3.8, 4) is 0 Å². The van der Waals surface area contributed by atoms with E-state index in [1.807, 2.05) is 0 Å². The normalized spacial score (nSPS) is 11.1. The van der Waals surface area contributed by atoms with E-state index < -0.39 is 0 Å². The van der Waals surface area contributed by atoms with E-state index in [-0.39, 0.29) is 0 Å². The van der Waals surface area contributed by atoms with Crippen LogP contribution in [0.3, 0.4) is 0 Å². The van der Waals surface area contributed by atoms with Crippen LogP contribution in [0.25, 0.3) is 11.2 Å². The van der Waals surface area contributed by atoms with E-state index in [4.69, 9.17) is 11.6 Å². The Balaban J connectivity index is 2.19. The molecule has 90 valence electrons. The Bertz CT molecular complexity index is 514. The van der Waals surface area contributed by atoms with E-state index in [0.29, 0.717) is 28.2 Å². The Morgan fingerprint density at radius 2 is 2.00 bits per heavy atom. The fourth-order valence-electron chi connectivity index (χ4n) is 1.38. The summed E-state index contributed by atoms with van der Waals surface area (Å²) in [5.41, 5.74) is 1.04. The molecule has 0 unspecified atom stereocenters. The van der Waals surface area contributed by atoms with E-state index in [1.165, 1.54) is 0 Å². The quantitative estimate of drug-likeness (QED) is 0.846. The molecule has 0 saturated carbocycles.